The summed E-state index contributed by atoms with van der Waals surface area (Å²) < 4.78 is 43.0. The lowest BCUT2D eigenvalue weighted by Crippen LogP contribution is -2.34. The first-order valence-corrected chi connectivity index (χ1v) is 7.66. The molecular weight excluding hydrogens is 337 g/mol. The minimum Gasteiger partial charge on any atom is -0.491 e. The van der Waals surface area contributed by atoms with Crippen molar-refractivity contribution in [3.8, 4) is 5.75 Å². The summed E-state index contributed by atoms with van der Waals surface area (Å²) >= 11 is 0. The molecule has 0 aliphatic rings. The molecule has 0 spiro atoms. The topological polar surface area (TPSA) is 79.3 Å². The summed E-state index contributed by atoms with van der Waals surface area (Å²) in [5.41, 5.74) is -0.994. The van der Waals surface area contributed by atoms with E-state index in [1.165, 1.54) is 0 Å². The van der Waals surface area contributed by atoms with Crippen molar-refractivity contribution < 1.29 is 23.0 Å². The van der Waals surface area contributed by atoms with Crippen LogP contribution in [0.2, 0.25) is 0 Å². The molecule has 3 N–H and O–H groups in total. The number of aromatic nitrogens is 2. The number of ether oxygens (including phenoxy) is 1. The summed E-state index contributed by atoms with van der Waals surface area (Å²) in [4.78, 5) is 7.12. The molecule has 0 fully saturated rings. The van der Waals surface area contributed by atoms with Crippen LogP contribution in [0.1, 0.15) is 5.69 Å². The second kappa shape index (κ2) is 9.19. The van der Waals surface area contributed by atoms with Crippen LogP contribution < -0.4 is 15.4 Å². The third-order valence-corrected chi connectivity index (χ3v) is 3.10. The molecule has 0 aliphatic carbocycles. The summed E-state index contributed by atoms with van der Waals surface area (Å²) in [7, 11) is 0. The Morgan fingerprint density at radius 2 is 1.88 bits per heavy atom. The Kier molecular flexibility index (Phi) is 6.96. The molecule has 2 rings (SSSR count). The van der Waals surface area contributed by atoms with E-state index in [1.807, 2.05) is 18.2 Å². The normalized spacial score (nSPS) is 12.6. The maximum Gasteiger partial charge on any atom is 0.433 e. The number of aliphatic hydroxyl groups excluding tert-OH is 1. The van der Waals surface area contributed by atoms with E-state index in [0.29, 0.717) is 18.8 Å². The highest BCUT2D eigenvalue weighted by Gasteiger charge is 2.32. The summed E-state index contributed by atoms with van der Waals surface area (Å²) in [5, 5.41) is 15.5. The van der Waals surface area contributed by atoms with Crippen molar-refractivity contribution in [1.29, 1.82) is 0 Å². The van der Waals surface area contributed by atoms with Crippen LogP contribution in [0.25, 0.3) is 0 Å². The van der Waals surface area contributed by atoms with Crippen LogP contribution in [-0.2, 0) is 6.18 Å². The molecular formula is C16H19F3N4O2. The number of anilines is 1. The summed E-state index contributed by atoms with van der Waals surface area (Å²) in [6.45, 7) is 1.16. The average molecular weight is 356 g/mol. The fourth-order valence-corrected chi connectivity index (χ4v) is 1.90. The Bertz CT molecular complexity index is 641. The molecule has 0 unspecified atom stereocenters. The van der Waals surface area contributed by atoms with Crippen molar-refractivity contribution >= 4 is 5.95 Å². The van der Waals surface area contributed by atoms with Gasteiger partial charge in [0.15, 0.2) is 0 Å². The van der Waals surface area contributed by atoms with Gasteiger partial charge in [-0.15, -0.1) is 0 Å². The van der Waals surface area contributed by atoms with Crippen LogP contribution in [0.5, 0.6) is 5.75 Å². The van der Waals surface area contributed by atoms with Crippen LogP contribution in [0.15, 0.2) is 42.6 Å². The SMILES string of the molecule is O[C@H](CNCCNc1nccc(C(F)(F)F)n1)COc1ccccc1. The fourth-order valence-electron chi connectivity index (χ4n) is 1.90. The molecule has 1 aromatic heterocycles. The van der Waals surface area contributed by atoms with E-state index in [2.05, 4.69) is 20.6 Å². The van der Waals surface area contributed by atoms with E-state index in [1.54, 1.807) is 12.1 Å². The number of para-hydroxylation sites is 1. The second-order valence-electron chi connectivity index (χ2n) is 5.17. The van der Waals surface area contributed by atoms with E-state index in [0.717, 1.165) is 12.3 Å². The van der Waals surface area contributed by atoms with Crippen molar-refractivity contribution in [3.05, 3.63) is 48.3 Å². The first-order valence-electron chi connectivity index (χ1n) is 7.66. The second-order valence-corrected chi connectivity index (χ2v) is 5.17. The van der Waals surface area contributed by atoms with E-state index in [9.17, 15) is 18.3 Å². The van der Waals surface area contributed by atoms with E-state index >= 15 is 0 Å². The molecule has 1 atom stereocenters. The highest BCUT2D eigenvalue weighted by Crippen LogP contribution is 2.27. The number of benzene rings is 1. The van der Waals surface area contributed by atoms with Gasteiger partial charge in [-0.1, -0.05) is 18.2 Å². The molecule has 0 saturated heterocycles. The summed E-state index contributed by atoms with van der Waals surface area (Å²) in [6.07, 6.45) is -4.15. The maximum atomic E-state index is 12.5. The van der Waals surface area contributed by atoms with Gasteiger partial charge < -0.3 is 20.5 Å². The Labute approximate surface area is 143 Å². The molecule has 0 bridgehead atoms. The molecule has 25 heavy (non-hydrogen) atoms. The van der Waals surface area contributed by atoms with Gasteiger partial charge in [-0.3, -0.25) is 0 Å². The standard InChI is InChI=1S/C16H19F3N4O2/c17-16(18,19)14-6-7-21-15(23-14)22-9-8-20-10-12(24)11-25-13-4-2-1-3-5-13/h1-7,12,20,24H,8-11H2,(H,21,22,23)/t12-/m1/s1. The molecule has 2 aromatic rings. The monoisotopic (exact) mass is 356 g/mol. The van der Waals surface area contributed by atoms with Crippen LogP contribution in [0.4, 0.5) is 19.1 Å². The van der Waals surface area contributed by atoms with Gasteiger partial charge in [0.1, 0.15) is 24.2 Å². The molecule has 1 aromatic carbocycles. The number of alkyl halides is 3. The van der Waals surface area contributed by atoms with Crippen LogP contribution in [0.3, 0.4) is 0 Å². The highest BCUT2D eigenvalue weighted by atomic mass is 19.4. The lowest BCUT2D eigenvalue weighted by atomic mass is 10.3. The van der Waals surface area contributed by atoms with Crippen molar-refractivity contribution in [3.63, 3.8) is 0 Å². The quantitative estimate of drug-likeness (QED) is 0.596. The van der Waals surface area contributed by atoms with Gasteiger partial charge >= 0.3 is 6.18 Å². The first-order chi connectivity index (χ1) is 11.9. The van der Waals surface area contributed by atoms with Gasteiger partial charge in [-0.05, 0) is 18.2 Å². The first kappa shape index (κ1) is 18.9. The average Bonchev–Trinajstić information content (AvgIpc) is 2.60. The number of nitrogens with zero attached hydrogens (tertiary/aromatic N) is 2. The maximum absolute atomic E-state index is 12.5. The number of hydrogen-bond donors (Lipinski definition) is 3. The number of rotatable bonds is 9. The zero-order valence-electron chi connectivity index (χ0n) is 13.3. The molecule has 9 heteroatoms. The predicted octanol–water partition coefficient (Wildman–Crippen LogP) is 1.94. The molecule has 0 saturated carbocycles. The van der Waals surface area contributed by atoms with E-state index < -0.39 is 18.0 Å². The van der Waals surface area contributed by atoms with Crippen molar-refractivity contribution in [2.45, 2.75) is 12.3 Å². The summed E-state index contributed by atoms with van der Waals surface area (Å²) in [5.74, 6) is 0.578. The molecule has 0 radical (unpaired) electrons. The molecule has 1 heterocycles. The fraction of sp³-hybridized carbons (Fsp3) is 0.375. The van der Waals surface area contributed by atoms with E-state index in [-0.39, 0.29) is 19.1 Å². The van der Waals surface area contributed by atoms with Gasteiger partial charge in [-0.2, -0.15) is 13.2 Å². The number of hydrogen-bond acceptors (Lipinski definition) is 6. The van der Waals surface area contributed by atoms with E-state index in [4.69, 9.17) is 4.74 Å². The number of halogens is 3. The van der Waals surface area contributed by atoms with Crippen LogP contribution in [-0.4, -0.2) is 47.4 Å². The minimum absolute atomic E-state index is 0.0930. The third-order valence-electron chi connectivity index (χ3n) is 3.10. The summed E-state index contributed by atoms with van der Waals surface area (Å²) in [6, 6.07) is 9.93. The largest absolute Gasteiger partial charge is 0.491 e. The van der Waals surface area contributed by atoms with Crippen LogP contribution in [0, 0.1) is 0 Å². The van der Waals surface area contributed by atoms with Gasteiger partial charge in [0.2, 0.25) is 5.95 Å². The molecule has 0 amide bonds. The molecule has 0 aliphatic heterocycles. The van der Waals surface area contributed by atoms with Gasteiger partial charge in [0, 0.05) is 25.8 Å². The lowest BCUT2D eigenvalue weighted by Gasteiger charge is -2.13. The third kappa shape index (κ3) is 6.94. The number of nitrogens with one attached hydrogen (secondary N) is 2. The zero-order valence-corrected chi connectivity index (χ0v) is 13.3. The Morgan fingerprint density at radius 3 is 2.60 bits per heavy atom. The van der Waals surface area contributed by atoms with Gasteiger partial charge in [0.05, 0.1) is 0 Å². The zero-order chi connectivity index (χ0) is 18.1. The highest BCUT2D eigenvalue weighted by molar-refractivity contribution is 5.25. The Morgan fingerprint density at radius 1 is 1.12 bits per heavy atom. The predicted molar refractivity (Wildman–Crippen MR) is 86.3 cm³/mol. The molecule has 6 nitrogen and oxygen atoms in total. The Hall–Kier alpha value is -2.39. The van der Waals surface area contributed by atoms with Crippen molar-refractivity contribution in [1.82, 2.24) is 15.3 Å². The molecule has 136 valence electrons. The van der Waals surface area contributed by atoms with Gasteiger partial charge in [0.25, 0.3) is 0 Å². The lowest BCUT2D eigenvalue weighted by molar-refractivity contribution is -0.141. The van der Waals surface area contributed by atoms with Crippen molar-refractivity contribution in [2.75, 3.05) is 31.6 Å². The smallest absolute Gasteiger partial charge is 0.433 e. The van der Waals surface area contributed by atoms with Gasteiger partial charge in [-0.25, -0.2) is 9.97 Å². The number of aliphatic hydroxyl groups is 1. The minimum atomic E-state index is -4.50. The van der Waals surface area contributed by atoms with Crippen molar-refractivity contribution in [2.24, 2.45) is 0 Å². The van der Waals surface area contributed by atoms with Crippen LogP contribution >= 0.6 is 0 Å². The Balaban J connectivity index is 1.61.